The van der Waals surface area contributed by atoms with Gasteiger partial charge in [-0.1, -0.05) is 6.07 Å². The SMILES string of the molecule is Cc1nnc([C@H]2COCCN2C(=O)[C@@H]2Cc3cc(C)c(C)cc3O2)o1. The monoisotopic (exact) mass is 343 g/mol. The number of rotatable bonds is 2. The van der Waals surface area contributed by atoms with E-state index in [4.69, 9.17) is 13.9 Å². The number of nitrogens with zero attached hydrogens (tertiary/aromatic N) is 3. The molecule has 132 valence electrons. The summed E-state index contributed by atoms with van der Waals surface area (Å²) in [5.41, 5.74) is 3.46. The van der Waals surface area contributed by atoms with Gasteiger partial charge >= 0.3 is 0 Å². The third-order valence-corrected chi connectivity index (χ3v) is 4.87. The van der Waals surface area contributed by atoms with Gasteiger partial charge in [-0.25, -0.2) is 0 Å². The molecule has 1 saturated heterocycles. The van der Waals surface area contributed by atoms with Crippen LogP contribution >= 0.6 is 0 Å². The van der Waals surface area contributed by atoms with Gasteiger partial charge in [0, 0.05) is 19.9 Å². The second-order valence-corrected chi connectivity index (χ2v) is 6.64. The van der Waals surface area contributed by atoms with Crippen LogP contribution in [0, 0.1) is 20.8 Å². The minimum atomic E-state index is -0.513. The molecule has 0 spiro atoms. The Kier molecular flexibility index (Phi) is 3.95. The molecule has 1 amide bonds. The maximum Gasteiger partial charge on any atom is 0.264 e. The van der Waals surface area contributed by atoms with Crippen molar-refractivity contribution in [1.29, 1.82) is 0 Å². The lowest BCUT2D eigenvalue weighted by Crippen LogP contribution is -2.49. The van der Waals surface area contributed by atoms with Crippen molar-refractivity contribution in [3.05, 3.63) is 40.6 Å². The van der Waals surface area contributed by atoms with Crippen LogP contribution in [0.4, 0.5) is 0 Å². The average molecular weight is 343 g/mol. The minimum Gasteiger partial charge on any atom is -0.480 e. The molecule has 0 bridgehead atoms. The first-order valence-electron chi connectivity index (χ1n) is 8.48. The molecule has 7 nitrogen and oxygen atoms in total. The van der Waals surface area contributed by atoms with E-state index in [-0.39, 0.29) is 11.9 Å². The first-order chi connectivity index (χ1) is 12.0. The molecule has 0 saturated carbocycles. The van der Waals surface area contributed by atoms with Gasteiger partial charge in [0.25, 0.3) is 5.91 Å². The number of aromatic nitrogens is 2. The third kappa shape index (κ3) is 2.89. The largest absolute Gasteiger partial charge is 0.480 e. The highest BCUT2D eigenvalue weighted by atomic mass is 16.5. The summed E-state index contributed by atoms with van der Waals surface area (Å²) in [4.78, 5) is 14.8. The van der Waals surface area contributed by atoms with Gasteiger partial charge in [0.2, 0.25) is 11.8 Å². The molecule has 0 aliphatic carbocycles. The first-order valence-corrected chi connectivity index (χ1v) is 8.48. The van der Waals surface area contributed by atoms with E-state index in [9.17, 15) is 4.79 Å². The topological polar surface area (TPSA) is 77.7 Å². The van der Waals surface area contributed by atoms with E-state index in [1.165, 1.54) is 5.56 Å². The zero-order chi connectivity index (χ0) is 17.6. The molecule has 2 aliphatic rings. The molecule has 1 aromatic carbocycles. The van der Waals surface area contributed by atoms with Crippen LogP contribution in [0.15, 0.2) is 16.5 Å². The van der Waals surface area contributed by atoms with Crippen LogP contribution in [-0.4, -0.2) is 46.9 Å². The van der Waals surface area contributed by atoms with Crippen molar-refractivity contribution in [2.75, 3.05) is 19.8 Å². The van der Waals surface area contributed by atoms with Crippen molar-refractivity contribution in [3.63, 3.8) is 0 Å². The number of fused-ring (bicyclic) bond motifs is 1. The maximum atomic E-state index is 13.1. The average Bonchev–Trinajstić information content (AvgIpc) is 3.21. The zero-order valence-corrected chi connectivity index (χ0v) is 14.6. The fraction of sp³-hybridized carbons (Fsp3) is 0.500. The van der Waals surface area contributed by atoms with E-state index >= 15 is 0 Å². The van der Waals surface area contributed by atoms with Crippen molar-refractivity contribution in [2.24, 2.45) is 0 Å². The van der Waals surface area contributed by atoms with E-state index in [0.717, 1.165) is 16.9 Å². The van der Waals surface area contributed by atoms with Crippen LogP contribution in [0.3, 0.4) is 0 Å². The Morgan fingerprint density at radius 2 is 2.00 bits per heavy atom. The van der Waals surface area contributed by atoms with Crippen LogP contribution < -0.4 is 4.74 Å². The van der Waals surface area contributed by atoms with Gasteiger partial charge in [-0.15, -0.1) is 10.2 Å². The number of aryl methyl sites for hydroxylation is 3. The molecule has 1 fully saturated rings. The zero-order valence-electron chi connectivity index (χ0n) is 14.6. The lowest BCUT2D eigenvalue weighted by molar-refractivity contribution is -0.148. The Balaban J connectivity index is 1.55. The van der Waals surface area contributed by atoms with Gasteiger partial charge in [-0.3, -0.25) is 4.79 Å². The van der Waals surface area contributed by atoms with Gasteiger partial charge in [0.1, 0.15) is 11.8 Å². The van der Waals surface area contributed by atoms with Gasteiger partial charge in [-0.2, -0.15) is 0 Å². The summed E-state index contributed by atoms with van der Waals surface area (Å²) in [5, 5.41) is 7.92. The number of ether oxygens (including phenoxy) is 2. The highest BCUT2D eigenvalue weighted by molar-refractivity contribution is 5.83. The first kappa shape index (κ1) is 16.1. The number of carbonyl (C=O) groups excluding carboxylic acids is 1. The number of hydrogen-bond donors (Lipinski definition) is 0. The van der Waals surface area contributed by atoms with E-state index < -0.39 is 6.10 Å². The Morgan fingerprint density at radius 1 is 1.20 bits per heavy atom. The van der Waals surface area contributed by atoms with Gasteiger partial charge in [0.05, 0.1) is 13.2 Å². The number of hydrogen-bond acceptors (Lipinski definition) is 6. The van der Waals surface area contributed by atoms with Crippen molar-refractivity contribution in [1.82, 2.24) is 15.1 Å². The van der Waals surface area contributed by atoms with Gasteiger partial charge in [-0.05, 0) is 36.6 Å². The number of amides is 1. The third-order valence-electron chi connectivity index (χ3n) is 4.87. The highest BCUT2D eigenvalue weighted by Crippen LogP contribution is 2.33. The second-order valence-electron chi connectivity index (χ2n) is 6.64. The summed E-state index contributed by atoms with van der Waals surface area (Å²) in [5.74, 6) is 1.63. The molecular formula is C18H21N3O4. The lowest BCUT2D eigenvalue weighted by Gasteiger charge is -2.34. The number of benzene rings is 1. The molecule has 3 heterocycles. The molecule has 1 aromatic heterocycles. The molecular weight excluding hydrogens is 322 g/mol. The summed E-state index contributed by atoms with van der Waals surface area (Å²) in [6, 6.07) is 3.75. The summed E-state index contributed by atoms with van der Waals surface area (Å²) in [7, 11) is 0. The maximum absolute atomic E-state index is 13.1. The smallest absolute Gasteiger partial charge is 0.264 e. The van der Waals surface area contributed by atoms with Crippen LogP contribution in [0.1, 0.15) is 34.5 Å². The Morgan fingerprint density at radius 3 is 2.76 bits per heavy atom. The summed E-state index contributed by atoms with van der Waals surface area (Å²) in [6.07, 6.45) is 0.0724. The molecule has 0 radical (unpaired) electrons. The summed E-state index contributed by atoms with van der Waals surface area (Å²) in [6.45, 7) is 7.18. The standard InChI is InChI=1S/C18H21N3O4/c1-10-6-13-8-16(25-15(13)7-11(10)2)18(22)21-4-5-23-9-14(21)17-20-19-12(3)24-17/h6-7,14,16H,4-5,8-9H2,1-3H3/t14-,16+/m1/s1. The molecule has 4 rings (SSSR count). The summed E-state index contributed by atoms with van der Waals surface area (Å²) >= 11 is 0. The molecule has 7 heteroatoms. The van der Waals surface area contributed by atoms with E-state index in [0.29, 0.717) is 38.0 Å². The van der Waals surface area contributed by atoms with Gasteiger partial charge < -0.3 is 18.8 Å². The second kappa shape index (κ2) is 6.15. The quantitative estimate of drug-likeness (QED) is 0.829. The fourth-order valence-corrected chi connectivity index (χ4v) is 3.35. The lowest BCUT2D eigenvalue weighted by atomic mass is 10.0. The van der Waals surface area contributed by atoms with Crippen molar-refractivity contribution >= 4 is 5.91 Å². The predicted octanol–water partition coefficient (Wildman–Crippen LogP) is 1.90. The van der Waals surface area contributed by atoms with Gasteiger partial charge in [0.15, 0.2) is 6.10 Å². The highest BCUT2D eigenvalue weighted by Gasteiger charge is 2.39. The fourth-order valence-electron chi connectivity index (χ4n) is 3.35. The van der Waals surface area contributed by atoms with E-state index in [2.05, 4.69) is 23.2 Å². The van der Waals surface area contributed by atoms with Crippen LogP contribution in [0.5, 0.6) is 5.75 Å². The normalized spacial score (nSPS) is 22.6. The Bertz CT molecular complexity index is 786. The van der Waals surface area contributed by atoms with Crippen molar-refractivity contribution in [3.8, 4) is 5.75 Å². The van der Waals surface area contributed by atoms with Crippen molar-refractivity contribution < 1.29 is 18.7 Å². The Hall–Kier alpha value is -2.41. The molecule has 2 aliphatic heterocycles. The van der Waals surface area contributed by atoms with Crippen molar-refractivity contribution in [2.45, 2.75) is 39.3 Å². The van der Waals surface area contributed by atoms with Crippen LogP contribution in [0.2, 0.25) is 0 Å². The number of morpholine rings is 1. The summed E-state index contributed by atoms with van der Waals surface area (Å²) < 4.78 is 17.0. The Labute approximate surface area is 145 Å². The van der Waals surface area contributed by atoms with E-state index in [1.54, 1.807) is 11.8 Å². The molecule has 2 aromatic rings. The van der Waals surface area contributed by atoms with Crippen LogP contribution in [0.25, 0.3) is 0 Å². The predicted molar refractivity (Wildman–Crippen MR) is 88.3 cm³/mol. The molecule has 0 N–H and O–H groups in total. The molecule has 0 unspecified atom stereocenters. The number of carbonyl (C=O) groups is 1. The minimum absolute atomic E-state index is 0.0596. The molecule has 2 atom stereocenters. The van der Waals surface area contributed by atoms with Crippen LogP contribution in [-0.2, 0) is 16.0 Å². The van der Waals surface area contributed by atoms with E-state index in [1.807, 2.05) is 13.0 Å². The molecule has 25 heavy (non-hydrogen) atoms.